The van der Waals surface area contributed by atoms with Crippen LogP contribution in [0.25, 0.3) is 0 Å². The van der Waals surface area contributed by atoms with E-state index in [0.29, 0.717) is 18.1 Å². The van der Waals surface area contributed by atoms with Crippen LogP contribution < -0.4 is 10.2 Å². The van der Waals surface area contributed by atoms with E-state index in [-0.39, 0.29) is 5.91 Å². The van der Waals surface area contributed by atoms with Gasteiger partial charge in [0.15, 0.2) is 0 Å². The Kier molecular flexibility index (Phi) is 5.26. The molecule has 0 bridgehead atoms. The van der Waals surface area contributed by atoms with Gasteiger partial charge in [0.1, 0.15) is 11.5 Å². The highest BCUT2D eigenvalue weighted by Gasteiger charge is 2.17. The van der Waals surface area contributed by atoms with Crippen molar-refractivity contribution in [3.05, 3.63) is 48.4 Å². The van der Waals surface area contributed by atoms with E-state index in [0.717, 1.165) is 18.7 Å². The Hall–Kier alpha value is -2.43. The normalized spacial score (nSPS) is 10.2. The molecule has 5 heteroatoms. The predicted octanol–water partition coefficient (Wildman–Crippen LogP) is 2.97. The van der Waals surface area contributed by atoms with E-state index in [9.17, 15) is 4.79 Å². The molecule has 5 nitrogen and oxygen atoms in total. The third-order valence-electron chi connectivity index (χ3n) is 3.04. The first-order valence-corrected chi connectivity index (χ1v) is 7.19. The fourth-order valence-electron chi connectivity index (χ4n) is 2.00. The van der Waals surface area contributed by atoms with Crippen LogP contribution in [0, 0.1) is 0 Å². The van der Waals surface area contributed by atoms with Gasteiger partial charge >= 0.3 is 0 Å². The largest absolute Gasteiger partial charge is 0.369 e. The van der Waals surface area contributed by atoms with Crippen LogP contribution in [0.4, 0.5) is 11.5 Å². The van der Waals surface area contributed by atoms with Crippen molar-refractivity contribution in [2.24, 2.45) is 0 Å². The van der Waals surface area contributed by atoms with E-state index in [4.69, 9.17) is 0 Å². The molecule has 0 saturated heterocycles. The lowest BCUT2D eigenvalue weighted by atomic mass is 10.2. The molecule has 1 aromatic heterocycles. The molecule has 21 heavy (non-hydrogen) atoms. The molecule has 0 fully saturated rings. The van der Waals surface area contributed by atoms with Crippen molar-refractivity contribution in [1.29, 1.82) is 0 Å². The van der Waals surface area contributed by atoms with Crippen molar-refractivity contribution in [2.45, 2.75) is 20.3 Å². The quantitative estimate of drug-likeness (QED) is 0.886. The minimum atomic E-state index is -0.142. The third-order valence-corrected chi connectivity index (χ3v) is 3.04. The standard InChI is InChI=1S/C16H20N4O/c1-3-10-18-15-12-17-11-14(19-15)16(21)20(4-2)13-8-6-5-7-9-13/h5-9,11-12H,3-4,10H2,1-2H3,(H,18,19). The van der Waals surface area contributed by atoms with E-state index in [2.05, 4.69) is 22.2 Å². The lowest BCUT2D eigenvalue weighted by molar-refractivity contribution is 0.0983. The molecular formula is C16H20N4O. The number of rotatable bonds is 6. The van der Waals surface area contributed by atoms with Crippen molar-refractivity contribution >= 4 is 17.4 Å². The number of anilines is 2. The number of carbonyl (C=O) groups excluding carboxylic acids is 1. The van der Waals surface area contributed by atoms with E-state index in [1.165, 1.54) is 6.20 Å². The predicted molar refractivity (Wildman–Crippen MR) is 84.6 cm³/mol. The van der Waals surface area contributed by atoms with E-state index >= 15 is 0 Å². The lowest BCUT2D eigenvalue weighted by Crippen LogP contribution is -2.31. The maximum Gasteiger partial charge on any atom is 0.278 e. The monoisotopic (exact) mass is 284 g/mol. The zero-order chi connectivity index (χ0) is 15.1. The second-order valence-electron chi connectivity index (χ2n) is 4.60. The highest BCUT2D eigenvalue weighted by molar-refractivity contribution is 6.04. The average Bonchev–Trinajstić information content (AvgIpc) is 2.55. The van der Waals surface area contributed by atoms with E-state index in [1.807, 2.05) is 37.3 Å². The van der Waals surface area contributed by atoms with Gasteiger partial charge in [0, 0.05) is 18.8 Å². The fraction of sp³-hybridized carbons (Fsp3) is 0.312. The van der Waals surface area contributed by atoms with Crippen LogP contribution in [-0.2, 0) is 0 Å². The SMILES string of the molecule is CCCNc1cncc(C(=O)N(CC)c2ccccc2)n1. The molecule has 0 unspecified atom stereocenters. The molecule has 1 N–H and O–H groups in total. The molecule has 0 aliphatic heterocycles. The van der Waals surface area contributed by atoms with Gasteiger partial charge in [0.25, 0.3) is 5.91 Å². The topological polar surface area (TPSA) is 58.1 Å². The van der Waals surface area contributed by atoms with Gasteiger partial charge in [-0.1, -0.05) is 25.1 Å². The summed E-state index contributed by atoms with van der Waals surface area (Å²) in [5.74, 6) is 0.489. The molecule has 0 aliphatic carbocycles. The number of nitrogens with zero attached hydrogens (tertiary/aromatic N) is 3. The van der Waals surface area contributed by atoms with Gasteiger partial charge in [0.2, 0.25) is 0 Å². The van der Waals surface area contributed by atoms with Gasteiger partial charge in [-0.3, -0.25) is 9.78 Å². The molecule has 1 amide bonds. The molecule has 0 radical (unpaired) electrons. The highest BCUT2D eigenvalue weighted by atomic mass is 16.2. The molecule has 0 spiro atoms. The second kappa shape index (κ2) is 7.38. The van der Waals surface area contributed by atoms with Crippen LogP contribution in [0.3, 0.4) is 0 Å². The fourth-order valence-corrected chi connectivity index (χ4v) is 2.00. The Morgan fingerprint density at radius 3 is 2.62 bits per heavy atom. The Balaban J connectivity index is 2.21. The Labute approximate surface area is 125 Å². The molecule has 2 aromatic rings. The number of hydrogen-bond acceptors (Lipinski definition) is 4. The van der Waals surface area contributed by atoms with Crippen molar-refractivity contribution < 1.29 is 4.79 Å². The van der Waals surface area contributed by atoms with Crippen LogP contribution in [0.1, 0.15) is 30.8 Å². The summed E-state index contributed by atoms with van der Waals surface area (Å²) >= 11 is 0. The third kappa shape index (κ3) is 3.78. The maximum atomic E-state index is 12.6. The molecule has 1 aromatic carbocycles. The average molecular weight is 284 g/mol. The van der Waals surface area contributed by atoms with Gasteiger partial charge < -0.3 is 10.2 Å². The molecule has 2 rings (SSSR count). The Bertz CT molecular complexity index is 586. The van der Waals surface area contributed by atoms with Gasteiger partial charge in [-0.05, 0) is 25.5 Å². The van der Waals surface area contributed by atoms with Gasteiger partial charge in [-0.2, -0.15) is 0 Å². The summed E-state index contributed by atoms with van der Waals surface area (Å²) in [5.41, 5.74) is 1.21. The highest BCUT2D eigenvalue weighted by Crippen LogP contribution is 2.16. The molecule has 1 heterocycles. The summed E-state index contributed by atoms with van der Waals surface area (Å²) in [6.45, 7) is 5.40. The van der Waals surface area contributed by atoms with Crippen LogP contribution in [-0.4, -0.2) is 29.0 Å². The molecule has 0 aliphatic rings. The zero-order valence-corrected chi connectivity index (χ0v) is 12.4. The minimum absolute atomic E-state index is 0.142. The number of hydrogen-bond donors (Lipinski definition) is 1. The Morgan fingerprint density at radius 2 is 1.95 bits per heavy atom. The van der Waals surface area contributed by atoms with Crippen LogP contribution in [0.15, 0.2) is 42.7 Å². The van der Waals surface area contributed by atoms with Gasteiger partial charge in [-0.15, -0.1) is 0 Å². The van der Waals surface area contributed by atoms with Crippen LogP contribution in [0.2, 0.25) is 0 Å². The number of para-hydroxylation sites is 1. The first kappa shape index (κ1) is 15.0. The van der Waals surface area contributed by atoms with E-state index < -0.39 is 0 Å². The summed E-state index contributed by atoms with van der Waals surface area (Å²) in [7, 11) is 0. The van der Waals surface area contributed by atoms with E-state index in [1.54, 1.807) is 11.1 Å². The summed E-state index contributed by atoms with van der Waals surface area (Å²) in [5, 5.41) is 3.14. The zero-order valence-electron chi connectivity index (χ0n) is 12.4. The number of aromatic nitrogens is 2. The number of nitrogens with one attached hydrogen (secondary N) is 1. The van der Waals surface area contributed by atoms with Crippen LogP contribution in [0.5, 0.6) is 0 Å². The second-order valence-corrected chi connectivity index (χ2v) is 4.60. The number of amides is 1. The molecule has 0 saturated carbocycles. The molecule has 0 atom stereocenters. The van der Waals surface area contributed by atoms with Gasteiger partial charge in [0.05, 0.1) is 12.4 Å². The molecular weight excluding hydrogens is 264 g/mol. The van der Waals surface area contributed by atoms with Crippen LogP contribution >= 0.6 is 0 Å². The summed E-state index contributed by atoms with van der Waals surface area (Å²) < 4.78 is 0. The number of benzene rings is 1. The maximum absolute atomic E-state index is 12.6. The molecule has 110 valence electrons. The number of carbonyl (C=O) groups is 1. The van der Waals surface area contributed by atoms with Crippen molar-refractivity contribution in [1.82, 2.24) is 9.97 Å². The van der Waals surface area contributed by atoms with Gasteiger partial charge in [-0.25, -0.2) is 4.98 Å². The lowest BCUT2D eigenvalue weighted by Gasteiger charge is -2.20. The smallest absolute Gasteiger partial charge is 0.278 e. The first-order chi connectivity index (χ1) is 10.3. The first-order valence-electron chi connectivity index (χ1n) is 7.19. The summed E-state index contributed by atoms with van der Waals surface area (Å²) in [6.07, 6.45) is 4.13. The summed E-state index contributed by atoms with van der Waals surface area (Å²) in [4.78, 5) is 22.7. The summed E-state index contributed by atoms with van der Waals surface area (Å²) in [6, 6.07) is 9.57. The van der Waals surface area contributed by atoms with Crippen molar-refractivity contribution in [3.63, 3.8) is 0 Å². The Morgan fingerprint density at radius 1 is 1.19 bits per heavy atom. The minimum Gasteiger partial charge on any atom is -0.369 e. The van der Waals surface area contributed by atoms with Crippen molar-refractivity contribution in [3.8, 4) is 0 Å². The van der Waals surface area contributed by atoms with Crippen molar-refractivity contribution in [2.75, 3.05) is 23.3 Å².